The summed E-state index contributed by atoms with van der Waals surface area (Å²) in [4.78, 5) is 7.27. The smallest absolute Gasteiger partial charge is 0.151 e. The fourth-order valence-electron chi connectivity index (χ4n) is 2.61. The van der Waals surface area contributed by atoms with E-state index >= 15 is 0 Å². The monoisotopic (exact) mass is 347 g/mol. The van der Waals surface area contributed by atoms with Crippen LogP contribution >= 0.6 is 0 Å². The summed E-state index contributed by atoms with van der Waals surface area (Å²) in [6.45, 7) is 0.309. The van der Waals surface area contributed by atoms with Crippen LogP contribution in [0.15, 0.2) is 48.5 Å². The van der Waals surface area contributed by atoms with Crippen LogP contribution in [-0.4, -0.2) is 30.4 Å². The molecule has 0 aliphatic carbocycles. The molecule has 0 unspecified atom stereocenters. The highest BCUT2D eigenvalue weighted by Crippen LogP contribution is 2.17. The number of hydrogen-bond acceptors (Lipinski definition) is 4. The van der Waals surface area contributed by atoms with Crippen LogP contribution in [0.3, 0.4) is 0 Å². The Morgan fingerprint density at radius 2 is 1.92 bits per heavy atom. The van der Waals surface area contributed by atoms with Crippen LogP contribution in [0.1, 0.15) is 17.4 Å². The molecule has 126 valence electrons. The Morgan fingerprint density at radius 3 is 2.58 bits per heavy atom. The summed E-state index contributed by atoms with van der Waals surface area (Å²) in [7, 11) is -3.16. The predicted molar refractivity (Wildman–Crippen MR) is 91.8 cm³/mol. The van der Waals surface area contributed by atoms with E-state index in [1.165, 1.54) is 12.3 Å². The largest absolute Gasteiger partial charge is 0.341 e. The maximum absolute atomic E-state index is 13.7. The fourth-order valence-corrected chi connectivity index (χ4v) is 3.53. The number of imidazole rings is 1. The number of aromatic amines is 1. The molecule has 0 saturated heterocycles. The molecule has 0 aliphatic rings. The molecule has 1 atom stereocenters. The van der Waals surface area contributed by atoms with E-state index in [0.29, 0.717) is 17.9 Å². The Bertz CT molecular complexity index is 939. The number of aromatic nitrogens is 2. The van der Waals surface area contributed by atoms with Gasteiger partial charge in [0, 0.05) is 12.3 Å². The van der Waals surface area contributed by atoms with Crippen molar-refractivity contribution in [1.29, 1.82) is 0 Å². The lowest BCUT2D eigenvalue weighted by Crippen LogP contribution is -2.27. The van der Waals surface area contributed by atoms with E-state index in [0.717, 1.165) is 5.56 Å². The van der Waals surface area contributed by atoms with Gasteiger partial charge in [-0.25, -0.2) is 17.8 Å². The minimum Gasteiger partial charge on any atom is -0.341 e. The van der Waals surface area contributed by atoms with Crippen LogP contribution in [0.2, 0.25) is 0 Å². The molecule has 0 radical (unpaired) electrons. The van der Waals surface area contributed by atoms with Gasteiger partial charge in [-0.2, -0.15) is 0 Å². The number of hydrogen-bond donors (Lipinski definition) is 2. The SMILES string of the molecule is CS(=O)(=O)C[C@@H](NCc1nc2c(F)cccc2[nH]1)c1ccccc1. The summed E-state index contributed by atoms with van der Waals surface area (Å²) in [5.41, 5.74) is 1.78. The zero-order chi connectivity index (χ0) is 17.2. The van der Waals surface area contributed by atoms with Crippen LogP contribution in [-0.2, 0) is 16.4 Å². The second-order valence-corrected chi connectivity index (χ2v) is 7.94. The summed E-state index contributed by atoms with van der Waals surface area (Å²) < 4.78 is 37.1. The molecule has 0 amide bonds. The first-order valence-corrected chi connectivity index (χ1v) is 9.57. The van der Waals surface area contributed by atoms with E-state index in [2.05, 4.69) is 15.3 Å². The molecule has 0 saturated carbocycles. The minimum atomic E-state index is -3.16. The average molecular weight is 347 g/mol. The molecule has 5 nitrogen and oxygen atoms in total. The number of nitrogens with one attached hydrogen (secondary N) is 2. The lowest BCUT2D eigenvalue weighted by molar-refractivity contribution is 0.543. The standard InChI is InChI=1S/C17H18FN3O2S/c1-24(22,23)11-15(12-6-3-2-4-7-12)19-10-16-20-14-9-5-8-13(18)17(14)21-16/h2-9,15,19H,10-11H2,1H3,(H,20,21)/t15-/m1/s1. The number of para-hydroxylation sites is 1. The van der Waals surface area contributed by atoms with E-state index in [-0.39, 0.29) is 23.1 Å². The third kappa shape index (κ3) is 3.98. The topological polar surface area (TPSA) is 74.8 Å². The maximum Gasteiger partial charge on any atom is 0.151 e. The Labute approximate surface area is 139 Å². The maximum atomic E-state index is 13.7. The summed E-state index contributed by atoms with van der Waals surface area (Å²) in [5.74, 6) is 0.154. The van der Waals surface area contributed by atoms with Crippen LogP contribution in [0.25, 0.3) is 11.0 Å². The second kappa shape index (κ2) is 6.70. The summed E-state index contributed by atoms with van der Waals surface area (Å²) in [6, 6.07) is 13.7. The summed E-state index contributed by atoms with van der Waals surface area (Å²) in [6.07, 6.45) is 1.21. The van der Waals surface area contributed by atoms with Crippen molar-refractivity contribution in [2.75, 3.05) is 12.0 Å². The number of nitrogens with zero attached hydrogens (tertiary/aromatic N) is 1. The molecule has 2 aromatic carbocycles. The summed E-state index contributed by atoms with van der Waals surface area (Å²) >= 11 is 0. The number of halogens is 1. The molecule has 1 heterocycles. The molecule has 0 spiro atoms. The highest BCUT2D eigenvalue weighted by Gasteiger charge is 2.17. The quantitative estimate of drug-likeness (QED) is 0.719. The van der Waals surface area contributed by atoms with Crippen LogP contribution in [0.4, 0.5) is 4.39 Å². The molecule has 3 rings (SSSR count). The van der Waals surface area contributed by atoms with Crippen molar-refractivity contribution in [3.63, 3.8) is 0 Å². The van der Waals surface area contributed by atoms with E-state index in [9.17, 15) is 12.8 Å². The first kappa shape index (κ1) is 16.6. The van der Waals surface area contributed by atoms with Crippen molar-refractivity contribution >= 4 is 20.9 Å². The van der Waals surface area contributed by atoms with Crippen LogP contribution in [0, 0.1) is 5.82 Å². The number of benzene rings is 2. The first-order valence-electron chi connectivity index (χ1n) is 7.51. The van der Waals surface area contributed by atoms with Gasteiger partial charge in [0.2, 0.25) is 0 Å². The summed E-state index contributed by atoms with van der Waals surface area (Å²) in [5, 5.41) is 3.19. The molecular weight excluding hydrogens is 329 g/mol. The number of sulfone groups is 1. The molecule has 2 N–H and O–H groups in total. The lowest BCUT2D eigenvalue weighted by atomic mass is 10.1. The van der Waals surface area contributed by atoms with Gasteiger partial charge in [0.25, 0.3) is 0 Å². The Morgan fingerprint density at radius 1 is 1.17 bits per heavy atom. The van der Waals surface area contributed by atoms with Gasteiger partial charge in [0.05, 0.1) is 17.8 Å². The zero-order valence-electron chi connectivity index (χ0n) is 13.2. The molecule has 1 aromatic heterocycles. The molecule has 3 aromatic rings. The predicted octanol–water partition coefficient (Wildman–Crippen LogP) is 2.58. The molecule has 7 heteroatoms. The van der Waals surface area contributed by atoms with Gasteiger partial charge in [-0.1, -0.05) is 36.4 Å². The van der Waals surface area contributed by atoms with Gasteiger partial charge in [-0.3, -0.25) is 0 Å². The normalized spacial score (nSPS) is 13.2. The third-order valence-corrected chi connectivity index (χ3v) is 4.64. The van der Waals surface area contributed by atoms with Crippen molar-refractivity contribution in [3.8, 4) is 0 Å². The first-order chi connectivity index (χ1) is 11.4. The van der Waals surface area contributed by atoms with Crippen molar-refractivity contribution in [2.24, 2.45) is 0 Å². The van der Waals surface area contributed by atoms with Gasteiger partial charge < -0.3 is 10.3 Å². The molecule has 0 fully saturated rings. The average Bonchev–Trinajstić information content (AvgIpc) is 2.96. The third-order valence-electron chi connectivity index (χ3n) is 3.70. The van der Waals surface area contributed by atoms with Crippen LogP contribution < -0.4 is 5.32 Å². The number of rotatable bonds is 6. The minimum absolute atomic E-state index is 0.0222. The Hall–Kier alpha value is -2.25. The number of fused-ring (bicyclic) bond motifs is 1. The fraction of sp³-hybridized carbons (Fsp3) is 0.235. The van der Waals surface area contributed by atoms with Crippen molar-refractivity contribution in [3.05, 3.63) is 65.7 Å². The van der Waals surface area contributed by atoms with Gasteiger partial charge in [-0.05, 0) is 17.7 Å². The van der Waals surface area contributed by atoms with Gasteiger partial charge in [-0.15, -0.1) is 0 Å². The van der Waals surface area contributed by atoms with Gasteiger partial charge in [0.15, 0.2) is 5.82 Å². The van der Waals surface area contributed by atoms with Crippen LogP contribution in [0.5, 0.6) is 0 Å². The highest BCUT2D eigenvalue weighted by molar-refractivity contribution is 7.90. The molecule has 0 bridgehead atoms. The van der Waals surface area contributed by atoms with E-state index < -0.39 is 9.84 Å². The Balaban J connectivity index is 1.80. The van der Waals surface area contributed by atoms with Crippen molar-refractivity contribution in [1.82, 2.24) is 15.3 Å². The molecule has 24 heavy (non-hydrogen) atoms. The van der Waals surface area contributed by atoms with Gasteiger partial charge >= 0.3 is 0 Å². The molecule has 0 aliphatic heterocycles. The van der Waals surface area contributed by atoms with E-state index in [4.69, 9.17) is 0 Å². The van der Waals surface area contributed by atoms with E-state index in [1.807, 2.05) is 30.3 Å². The number of H-pyrrole nitrogens is 1. The van der Waals surface area contributed by atoms with Crippen molar-refractivity contribution < 1.29 is 12.8 Å². The van der Waals surface area contributed by atoms with E-state index in [1.54, 1.807) is 12.1 Å². The Kier molecular flexibility index (Phi) is 4.64. The molecular formula is C17H18FN3O2S. The second-order valence-electron chi connectivity index (χ2n) is 5.76. The lowest BCUT2D eigenvalue weighted by Gasteiger charge is -2.17. The van der Waals surface area contributed by atoms with Gasteiger partial charge in [0.1, 0.15) is 21.2 Å². The zero-order valence-corrected chi connectivity index (χ0v) is 14.0. The van der Waals surface area contributed by atoms with Crippen molar-refractivity contribution in [2.45, 2.75) is 12.6 Å². The highest BCUT2D eigenvalue weighted by atomic mass is 32.2.